The van der Waals surface area contributed by atoms with Gasteiger partial charge in [-0.25, -0.2) is 9.00 Å². The number of carbonyl (C=O) groups is 3. The van der Waals surface area contributed by atoms with Crippen molar-refractivity contribution >= 4 is 80.1 Å². The third kappa shape index (κ3) is 4.72. The predicted molar refractivity (Wildman–Crippen MR) is 128 cm³/mol. The minimum Gasteiger partial charge on any atom is -0.477 e. The van der Waals surface area contributed by atoms with Gasteiger partial charge in [0, 0.05) is 18.6 Å². The molecule has 4 rings (SSSR count). The maximum absolute atomic E-state index is 13.2. The lowest BCUT2D eigenvalue weighted by atomic mass is 9.98. The van der Waals surface area contributed by atoms with Crippen LogP contribution in [0.25, 0.3) is 0 Å². The Morgan fingerprint density at radius 1 is 1.39 bits per heavy atom. The van der Waals surface area contributed by atoms with E-state index in [1.54, 1.807) is 17.5 Å². The van der Waals surface area contributed by atoms with Gasteiger partial charge in [-0.15, -0.1) is 33.3 Å². The van der Waals surface area contributed by atoms with Gasteiger partial charge in [-0.05, 0) is 17.0 Å². The molecule has 1 fully saturated rings. The summed E-state index contributed by atoms with van der Waals surface area (Å²) in [6.07, 6.45) is -4.64. The number of rotatable bonds is 8. The summed E-state index contributed by atoms with van der Waals surface area (Å²) >= 11 is 3.42. The highest BCUT2D eigenvalue weighted by Gasteiger charge is 2.66. The third-order valence-electron chi connectivity index (χ3n) is 4.99. The molecule has 0 bridgehead atoms. The second kappa shape index (κ2) is 10.3. The molecule has 2 aromatic rings. The van der Waals surface area contributed by atoms with Crippen LogP contribution in [0.4, 0.5) is 13.2 Å². The average Bonchev–Trinajstić information content (AvgIpc) is 3.53. The number of aliphatic carboxylic acids is 1. The van der Waals surface area contributed by atoms with Crippen molar-refractivity contribution in [1.82, 2.24) is 20.4 Å². The van der Waals surface area contributed by atoms with Crippen LogP contribution in [0.5, 0.6) is 0 Å². The van der Waals surface area contributed by atoms with Crippen LogP contribution in [0.1, 0.15) is 9.88 Å². The summed E-state index contributed by atoms with van der Waals surface area (Å²) in [6, 6.07) is 3.22. The predicted octanol–water partition coefficient (Wildman–Crippen LogP) is 1.86. The largest absolute Gasteiger partial charge is 0.477 e. The summed E-state index contributed by atoms with van der Waals surface area (Å²) in [5.74, 6) is -3.08. The van der Waals surface area contributed by atoms with E-state index in [4.69, 9.17) is 4.74 Å². The third-order valence-corrected chi connectivity index (χ3v) is 10.1. The molecular formula is C18H13F3N4O6S5. The van der Waals surface area contributed by atoms with Crippen molar-refractivity contribution in [2.24, 2.45) is 0 Å². The Labute approximate surface area is 220 Å². The number of carbonyl (C=O) groups excluding carboxylic acids is 2. The number of alkyl halides is 3. The Kier molecular flexibility index (Phi) is 7.63. The second-order valence-corrected chi connectivity index (χ2v) is 11.8. The quantitative estimate of drug-likeness (QED) is 0.152. The molecule has 1 saturated heterocycles. The zero-order valence-corrected chi connectivity index (χ0v) is 21.8. The standard InChI is InChI=1S/C18H13F3N4O6S5/c1-31-17(22-11(26)10(36-30)8-3-2-4-32-8)14(29)25-9(12(27)28)7(5-33-15(17)25)6-34-16-24-23-13(35-16)18(19,20)21/h2-4,15H,5-6H2,1H3,(H,22,26)(H,27,28)/t15-,17+/m1/s1. The maximum Gasteiger partial charge on any atom is 0.445 e. The van der Waals surface area contributed by atoms with Gasteiger partial charge in [-0.2, -0.15) is 13.2 Å². The fourth-order valence-electron chi connectivity index (χ4n) is 3.41. The number of methoxy groups -OCH3 is 1. The van der Waals surface area contributed by atoms with E-state index in [2.05, 4.69) is 15.5 Å². The van der Waals surface area contributed by atoms with Crippen molar-refractivity contribution in [3.8, 4) is 0 Å². The van der Waals surface area contributed by atoms with Crippen molar-refractivity contribution in [2.75, 3.05) is 18.6 Å². The van der Waals surface area contributed by atoms with E-state index >= 15 is 0 Å². The van der Waals surface area contributed by atoms with E-state index in [0.717, 1.165) is 39.8 Å². The number of hydrogen-bond acceptors (Lipinski definition) is 11. The lowest BCUT2D eigenvalue weighted by molar-refractivity contribution is -0.191. The minimum absolute atomic E-state index is 0.00752. The lowest BCUT2D eigenvalue weighted by Crippen LogP contribution is -2.81. The molecule has 2 N–H and O–H groups in total. The monoisotopic (exact) mass is 598 g/mol. The molecule has 0 unspecified atom stereocenters. The summed E-state index contributed by atoms with van der Waals surface area (Å²) < 4.78 is 55.2. The molecule has 0 aliphatic carbocycles. The summed E-state index contributed by atoms with van der Waals surface area (Å²) in [7, 11) is 1.18. The molecule has 18 heteroatoms. The van der Waals surface area contributed by atoms with Crippen LogP contribution in [0, 0.1) is 0 Å². The first-order valence-corrected chi connectivity index (χ1v) is 14.0. The van der Waals surface area contributed by atoms with E-state index in [1.165, 1.54) is 7.11 Å². The zero-order valence-electron chi connectivity index (χ0n) is 17.7. The smallest absolute Gasteiger partial charge is 0.445 e. The van der Waals surface area contributed by atoms with Crippen molar-refractivity contribution < 1.29 is 41.6 Å². The normalized spacial score (nSPS) is 21.6. The Morgan fingerprint density at radius 2 is 2.14 bits per heavy atom. The highest BCUT2D eigenvalue weighted by molar-refractivity contribution is 8.01. The fraction of sp³-hybridized carbons (Fsp3) is 0.333. The molecule has 2 aromatic heterocycles. The van der Waals surface area contributed by atoms with Gasteiger partial charge in [-0.3, -0.25) is 14.5 Å². The van der Waals surface area contributed by atoms with Gasteiger partial charge in [0.05, 0.1) is 4.88 Å². The van der Waals surface area contributed by atoms with Gasteiger partial charge in [0.1, 0.15) is 27.2 Å². The number of amides is 2. The Balaban J connectivity index is 1.55. The number of nitrogens with zero attached hydrogens (tertiary/aromatic N) is 3. The van der Waals surface area contributed by atoms with Crippen LogP contribution in [0.2, 0.25) is 0 Å². The van der Waals surface area contributed by atoms with E-state index in [1.807, 2.05) is 0 Å². The molecule has 36 heavy (non-hydrogen) atoms. The van der Waals surface area contributed by atoms with Gasteiger partial charge < -0.3 is 15.2 Å². The Bertz CT molecular complexity index is 1310. The lowest BCUT2D eigenvalue weighted by Gasteiger charge is -2.55. The average molecular weight is 599 g/mol. The summed E-state index contributed by atoms with van der Waals surface area (Å²) in [6.45, 7) is 0. The van der Waals surface area contributed by atoms with Crippen molar-refractivity contribution in [3.63, 3.8) is 0 Å². The fourth-order valence-corrected chi connectivity index (χ4v) is 7.89. The van der Waals surface area contributed by atoms with Crippen molar-refractivity contribution in [2.45, 2.75) is 21.6 Å². The summed E-state index contributed by atoms with van der Waals surface area (Å²) in [5.41, 5.74) is -1.97. The number of β-lactam (4-membered cyclic amide) rings is 1. The molecule has 0 aromatic carbocycles. The molecule has 2 aliphatic rings. The number of halogens is 3. The summed E-state index contributed by atoms with van der Waals surface area (Å²) in [5, 5.41) is 18.4. The SMILES string of the molecule is CO[C@@]1(NC(=O)C(=S=O)c2cccs2)C(=O)N2C(C(=O)O)=C(CSc3nnc(C(F)(F)F)s3)CS[C@@H]21. The highest BCUT2D eigenvalue weighted by Crippen LogP contribution is 2.47. The molecule has 4 heterocycles. The Hall–Kier alpha value is -2.25. The number of carboxylic acid groups (broad SMARTS) is 1. The molecule has 0 saturated carbocycles. The van der Waals surface area contributed by atoms with E-state index < -0.39 is 40.1 Å². The molecule has 2 aliphatic heterocycles. The van der Waals surface area contributed by atoms with Gasteiger partial charge >= 0.3 is 12.1 Å². The number of thioether (sulfide) groups is 2. The molecule has 192 valence electrons. The molecular weight excluding hydrogens is 586 g/mol. The summed E-state index contributed by atoms with van der Waals surface area (Å²) in [4.78, 5) is 39.2. The van der Waals surface area contributed by atoms with Crippen molar-refractivity contribution in [1.29, 1.82) is 0 Å². The number of fused-ring (bicyclic) bond motifs is 1. The van der Waals surface area contributed by atoms with Crippen LogP contribution in [-0.2, 0) is 36.6 Å². The molecule has 0 spiro atoms. The second-order valence-electron chi connectivity index (χ2n) is 7.04. The Morgan fingerprint density at radius 3 is 2.69 bits per heavy atom. The van der Waals surface area contributed by atoms with Gasteiger partial charge in [0.15, 0.2) is 4.34 Å². The number of thiophene rings is 1. The molecule has 10 nitrogen and oxygen atoms in total. The van der Waals surface area contributed by atoms with Gasteiger partial charge in [-0.1, -0.05) is 29.2 Å². The number of carboxylic acids is 1. The number of ether oxygens (including phenoxy) is 1. The molecule has 2 atom stereocenters. The minimum atomic E-state index is -4.64. The van der Waals surface area contributed by atoms with E-state index in [-0.39, 0.29) is 43.2 Å². The zero-order chi connectivity index (χ0) is 26.3. The first kappa shape index (κ1) is 26.8. The van der Waals surface area contributed by atoms with Crippen LogP contribution in [0.15, 0.2) is 33.1 Å². The van der Waals surface area contributed by atoms with Crippen LogP contribution in [-0.4, -0.2) is 76.8 Å². The van der Waals surface area contributed by atoms with Gasteiger partial charge in [0.25, 0.3) is 17.5 Å². The topological polar surface area (TPSA) is 139 Å². The molecule has 0 radical (unpaired) electrons. The number of nitrogens with one attached hydrogen (secondary N) is 1. The molecule has 2 amide bonds. The highest BCUT2D eigenvalue weighted by atomic mass is 32.2. The van der Waals surface area contributed by atoms with Crippen molar-refractivity contribution in [3.05, 3.63) is 38.7 Å². The first-order valence-electron chi connectivity index (χ1n) is 9.56. The number of aromatic nitrogens is 2. The van der Waals surface area contributed by atoms with E-state index in [0.29, 0.717) is 16.2 Å². The number of hydrogen-bond donors (Lipinski definition) is 2. The first-order chi connectivity index (χ1) is 17.0. The van der Waals surface area contributed by atoms with Crippen LogP contribution >= 0.6 is 46.2 Å². The van der Waals surface area contributed by atoms with E-state index in [9.17, 15) is 36.9 Å². The van der Waals surface area contributed by atoms with Gasteiger partial charge in [0.2, 0.25) is 5.01 Å². The maximum atomic E-state index is 13.2. The van der Waals surface area contributed by atoms with Crippen LogP contribution in [0.3, 0.4) is 0 Å². The van der Waals surface area contributed by atoms with Crippen LogP contribution < -0.4 is 5.32 Å².